The quantitative estimate of drug-likeness (QED) is 0.0361. The molecule has 0 rings (SSSR count). The Morgan fingerprint density at radius 3 is 2.17 bits per heavy atom. The van der Waals surface area contributed by atoms with Crippen LogP contribution in [0.2, 0.25) is 0 Å². The van der Waals surface area contributed by atoms with Gasteiger partial charge in [0.25, 0.3) is 0 Å². The van der Waals surface area contributed by atoms with Gasteiger partial charge in [0.1, 0.15) is 31.1 Å². The lowest BCUT2D eigenvalue weighted by molar-refractivity contribution is -0.166. The third-order valence-electron chi connectivity index (χ3n) is 3.92. The van der Waals surface area contributed by atoms with Crippen molar-refractivity contribution >= 4 is 17.9 Å². The van der Waals surface area contributed by atoms with Gasteiger partial charge in [-0.15, -0.1) is 0 Å². The molecule has 0 radical (unpaired) electrons. The minimum atomic E-state index is -1.46. The number of aliphatic imine (C=N–C) groups is 1. The van der Waals surface area contributed by atoms with Crippen LogP contribution in [0, 0.1) is 0 Å². The van der Waals surface area contributed by atoms with Gasteiger partial charge in [-0.3, -0.25) is 19.9 Å². The largest absolute Gasteiger partial charge is 0.462 e. The maximum absolute atomic E-state index is 12.0. The number of esters is 2. The van der Waals surface area contributed by atoms with E-state index in [1.165, 1.54) is 0 Å². The molecular formula is C16H36N8O6. The van der Waals surface area contributed by atoms with Crippen molar-refractivity contribution in [2.45, 2.75) is 56.3 Å². The van der Waals surface area contributed by atoms with Crippen LogP contribution in [0.1, 0.15) is 25.7 Å². The van der Waals surface area contributed by atoms with Crippen molar-refractivity contribution in [1.82, 2.24) is 5.32 Å². The van der Waals surface area contributed by atoms with E-state index in [1.54, 1.807) is 0 Å². The number of nitrogens with zero attached hydrogens (tertiary/aromatic N) is 1. The highest BCUT2D eigenvalue weighted by molar-refractivity contribution is 5.76. The van der Waals surface area contributed by atoms with Gasteiger partial charge in [-0.2, -0.15) is 0 Å². The number of carbonyl (C=O) groups is 2. The summed E-state index contributed by atoms with van der Waals surface area (Å²) in [5.41, 5.74) is 32.4. The van der Waals surface area contributed by atoms with E-state index in [1.807, 2.05) is 0 Å². The number of nitrogens with one attached hydrogen (secondary N) is 1. The second-order valence-electron chi connectivity index (χ2n) is 6.64. The summed E-state index contributed by atoms with van der Waals surface area (Å²) in [6.07, 6.45) is -1.94. The summed E-state index contributed by atoms with van der Waals surface area (Å²) < 4.78 is 9.91. The van der Waals surface area contributed by atoms with Crippen molar-refractivity contribution in [3.8, 4) is 0 Å². The molecule has 14 nitrogen and oxygen atoms in total. The van der Waals surface area contributed by atoms with Crippen LogP contribution >= 0.6 is 0 Å². The molecule has 0 fully saturated rings. The van der Waals surface area contributed by atoms with Gasteiger partial charge in [0.2, 0.25) is 0 Å². The highest BCUT2D eigenvalue weighted by Crippen LogP contribution is 2.06. The Balaban J connectivity index is 4.29. The average molecular weight is 437 g/mol. The SMILES string of the molecule is NC(N)=NCCCC(N)C(=O)OCC(O)C(CO)OC(=O)C(N)CCCNC(N)N. The van der Waals surface area contributed by atoms with Crippen molar-refractivity contribution in [3.05, 3.63) is 0 Å². The van der Waals surface area contributed by atoms with Crippen molar-refractivity contribution in [2.75, 3.05) is 26.3 Å². The predicted molar refractivity (Wildman–Crippen MR) is 109 cm³/mol. The summed E-state index contributed by atoms with van der Waals surface area (Å²) in [5.74, 6) is -1.63. The Morgan fingerprint density at radius 1 is 1.00 bits per heavy atom. The van der Waals surface area contributed by atoms with Gasteiger partial charge in [0.15, 0.2) is 12.1 Å². The van der Waals surface area contributed by atoms with Crippen LogP contribution in [0.25, 0.3) is 0 Å². The number of rotatable bonds is 16. The monoisotopic (exact) mass is 436 g/mol. The summed E-state index contributed by atoms with van der Waals surface area (Å²) in [4.78, 5) is 27.6. The molecule has 30 heavy (non-hydrogen) atoms. The van der Waals surface area contributed by atoms with E-state index in [-0.39, 0.29) is 18.8 Å². The molecule has 0 aliphatic carbocycles. The highest BCUT2D eigenvalue weighted by atomic mass is 16.6. The smallest absolute Gasteiger partial charge is 0.323 e. The number of aliphatic hydroxyl groups is 2. The minimum Gasteiger partial charge on any atom is -0.462 e. The van der Waals surface area contributed by atoms with Crippen LogP contribution in [-0.2, 0) is 19.1 Å². The standard InChI is InChI=1S/C16H36N8O6/c17-9(3-1-5-23-15(19)20)13(27)29-8-11(26)12(7-25)30-14(28)10(18)4-2-6-24-16(21)22/h9-12,16,24-26H,1-8,17-18,21-22H2,(H4,19,20,23). The molecule has 14 heteroatoms. The topological polar surface area (TPSA) is 274 Å². The molecule has 0 amide bonds. The van der Waals surface area contributed by atoms with Crippen LogP contribution in [-0.4, -0.2) is 85.0 Å². The number of aliphatic hydroxyl groups excluding tert-OH is 2. The van der Waals surface area contributed by atoms with Crippen LogP contribution < -0.4 is 39.7 Å². The fourth-order valence-electron chi connectivity index (χ4n) is 2.20. The number of nitrogens with two attached hydrogens (primary N) is 6. The van der Waals surface area contributed by atoms with Gasteiger partial charge in [0.05, 0.1) is 6.61 Å². The Labute approximate surface area is 175 Å². The Hall–Kier alpha value is -2.07. The van der Waals surface area contributed by atoms with Gasteiger partial charge in [0, 0.05) is 6.54 Å². The van der Waals surface area contributed by atoms with Crippen LogP contribution in [0.3, 0.4) is 0 Å². The molecule has 0 bridgehead atoms. The molecule has 0 aliphatic rings. The van der Waals surface area contributed by atoms with E-state index in [9.17, 15) is 19.8 Å². The molecule has 4 unspecified atom stereocenters. The lowest BCUT2D eigenvalue weighted by Gasteiger charge is -2.23. The molecule has 4 atom stereocenters. The lowest BCUT2D eigenvalue weighted by atomic mass is 10.1. The molecule has 0 aliphatic heterocycles. The Kier molecular flexibility index (Phi) is 14.6. The van der Waals surface area contributed by atoms with E-state index in [2.05, 4.69) is 10.3 Å². The third kappa shape index (κ3) is 13.2. The van der Waals surface area contributed by atoms with E-state index in [0.29, 0.717) is 25.9 Å². The molecule has 0 saturated carbocycles. The molecule has 0 aromatic carbocycles. The van der Waals surface area contributed by atoms with Gasteiger partial charge >= 0.3 is 11.9 Å². The molecule has 176 valence electrons. The summed E-state index contributed by atoms with van der Waals surface area (Å²) >= 11 is 0. The zero-order valence-corrected chi connectivity index (χ0v) is 17.0. The molecular weight excluding hydrogens is 400 g/mol. The fraction of sp³-hybridized carbons (Fsp3) is 0.812. The van der Waals surface area contributed by atoms with Crippen molar-refractivity contribution in [2.24, 2.45) is 39.4 Å². The summed E-state index contributed by atoms with van der Waals surface area (Å²) in [6, 6.07) is -1.91. The first-order valence-electron chi connectivity index (χ1n) is 9.55. The zero-order chi connectivity index (χ0) is 23.1. The molecule has 0 saturated heterocycles. The van der Waals surface area contributed by atoms with Crippen molar-refractivity contribution in [3.63, 3.8) is 0 Å². The minimum absolute atomic E-state index is 0.0602. The number of guanidine groups is 1. The first-order valence-corrected chi connectivity index (χ1v) is 9.55. The fourth-order valence-corrected chi connectivity index (χ4v) is 2.20. The van der Waals surface area contributed by atoms with Crippen LogP contribution in [0.4, 0.5) is 0 Å². The molecule has 0 spiro atoms. The second kappa shape index (κ2) is 15.7. The van der Waals surface area contributed by atoms with E-state index >= 15 is 0 Å². The zero-order valence-electron chi connectivity index (χ0n) is 17.0. The maximum atomic E-state index is 12.0. The van der Waals surface area contributed by atoms with Gasteiger partial charge in [-0.1, -0.05) is 0 Å². The summed E-state index contributed by atoms with van der Waals surface area (Å²) in [6.45, 7) is -0.450. The van der Waals surface area contributed by atoms with Gasteiger partial charge in [-0.05, 0) is 32.2 Å². The number of ether oxygens (including phenoxy) is 2. The number of hydrogen-bond donors (Lipinski definition) is 9. The third-order valence-corrected chi connectivity index (χ3v) is 3.92. The van der Waals surface area contributed by atoms with Gasteiger partial charge < -0.3 is 54.1 Å². The van der Waals surface area contributed by atoms with Crippen molar-refractivity contribution < 1.29 is 29.3 Å². The van der Waals surface area contributed by atoms with E-state index < -0.39 is 55.7 Å². The molecule has 0 heterocycles. The van der Waals surface area contributed by atoms with Crippen molar-refractivity contribution in [1.29, 1.82) is 0 Å². The Morgan fingerprint density at radius 2 is 1.60 bits per heavy atom. The Bertz CT molecular complexity index is 532. The number of carbonyl (C=O) groups excluding carboxylic acids is 2. The predicted octanol–water partition coefficient (Wildman–Crippen LogP) is -4.93. The van der Waals surface area contributed by atoms with Gasteiger partial charge in [-0.25, -0.2) is 0 Å². The second-order valence-corrected chi connectivity index (χ2v) is 6.64. The molecule has 15 N–H and O–H groups in total. The summed E-state index contributed by atoms with van der Waals surface area (Å²) in [7, 11) is 0. The maximum Gasteiger partial charge on any atom is 0.323 e. The van der Waals surface area contributed by atoms with E-state index in [0.717, 1.165) is 0 Å². The molecule has 0 aromatic rings. The average Bonchev–Trinajstić information content (AvgIpc) is 2.69. The van der Waals surface area contributed by atoms with Crippen LogP contribution in [0.5, 0.6) is 0 Å². The number of hydrogen-bond acceptors (Lipinski definition) is 12. The van der Waals surface area contributed by atoms with Crippen LogP contribution in [0.15, 0.2) is 4.99 Å². The first-order chi connectivity index (χ1) is 14.1. The normalized spacial score (nSPS) is 15.2. The summed E-state index contributed by atoms with van der Waals surface area (Å²) in [5, 5.41) is 22.2. The van der Waals surface area contributed by atoms with E-state index in [4.69, 9.17) is 43.9 Å². The highest BCUT2D eigenvalue weighted by Gasteiger charge is 2.27. The first kappa shape index (κ1) is 27.9. The lowest BCUT2D eigenvalue weighted by Crippen LogP contribution is -2.46. The molecule has 0 aromatic heterocycles.